The Morgan fingerprint density at radius 2 is 2.29 bits per heavy atom. The lowest BCUT2D eigenvalue weighted by Gasteiger charge is -2.11. The zero-order valence-electron chi connectivity index (χ0n) is 9.37. The first-order chi connectivity index (χ1) is 8.02. The Kier molecular flexibility index (Phi) is 5.74. The molecule has 0 unspecified atom stereocenters. The number of amides is 1. The second-order valence-electron chi connectivity index (χ2n) is 3.54. The fourth-order valence-corrected chi connectivity index (χ4v) is 1.95. The zero-order valence-corrected chi connectivity index (χ0v) is 10.9. The summed E-state index contributed by atoms with van der Waals surface area (Å²) in [5.41, 5.74) is 5.99. The normalized spacial score (nSPS) is 12.2. The van der Waals surface area contributed by atoms with E-state index in [0.29, 0.717) is 12.1 Å². The standard InChI is InChI=1S/C11H14ClFN2OS/c1-17-3-2-10(14)11(16)15-9-5-7(12)4-8(13)6-9/h4-6,10H,2-3,14H2,1H3,(H,15,16)/t10-/m0/s1. The lowest BCUT2D eigenvalue weighted by atomic mass is 10.2. The maximum atomic E-state index is 13.0. The van der Waals surface area contributed by atoms with E-state index in [1.165, 1.54) is 18.2 Å². The van der Waals surface area contributed by atoms with E-state index in [-0.39, 0.29) is 10.9 Å². The summed E-state index contributed by atoms with van der Waals surface area (Å²) in [6.07, 6.45) is 2.52. The van der Waals surface area contributed by atoms with Crippen LogP contribution < -0.4 is 11.1 Å². The number of benzene rings is 1. The summed E-state index contributed by atoms with van der Waals surface area (Å²) in [6, 6.07) is 3.25. The summed E-state index contributed by atoms with van der Waals surface area (Å²) in [5.74, 6) is -0.0235. The highest BCUT2D eigenvalue weighted by atomic mass is 35.5. The van der Waals surface area contributed by atoms with Crippen molar-refractivity contribution in [3.63, 3.8) is 0 Å². The molecule has 1 rings (SSSR count). The molecule has 0 aliphatic heterocycles. The van der Waals surface area contributed by atoms with Crippen molar-refractivity contribution in [3.8, 4) is 0 Å². The summed E-state index contributed by atoms with van der Waals surface area (Å²) in [6.45, 7) is 0. The minimum Gasteiger partial charge on any atom is -0.325 e. The monoisotopic (exact) mass is 276 g/mol. The topological polar surface area (TPSA) is 55.1 Å². The predicted octanol–water partition coefficient (Wildman–Crippen LogP) is 2.50. The van der Waals surface area contributed by atoms with Gasteiger partial charge in [-0.05, 0) is 36.6 Å². The van der Waals surface area contributed by atoms with E-state index in [1.54, 1.807) is 11.8 Å². The van der Waals surface area contributed by atoms with Crippen LogP contribution in [0.15, 0.2) is 18.2 Å². The van der Waals surface area contributed by atoms with Gasteiger partial charge in [0.1, 0.15) is 5.82 Å². The number of rotatable bonds is 5. The number of hydrogen-bond acceptors (Lipinski definition) is 3. The van der Waals surface area contributed by atoms with Gasteiger partial charge in [0.2, 0.25) is 5.91 Å². The molecule has 0 aliphatic carbocycles. The number of carbonyl (C=O) groups is 1. The molecule has 1 aromatic rings. The predicted molar refractivity (Wildman–Crippen MR) is 71.0 cm³/mol. The third-order valence-electron chi connectivity index (χ3n) is 2.10. The molecule has 6 heteroatoms. The Labute approximate surface area is 109 Å². The summed E-state index contributed by atoms with van der Waals surface area (Å²) in [5, 5.41) is 2.77. The summed E-state index contributed by atoms with van der Waals surface area (Å²) in [7, 11) is 0. The molecular weight excluding hydrogens is 263 g/mol. The smallest absolute Gasteiger partial charge is 0.241 e. The van der Waals surface area contributed by atoms with Gasteiger partial charge in [-0.1, -0.05) is 11.6 Å². The van der Waals surface area contributed by atoms with Crippen molar-refractivity contribution in [1.82, 2.24) is 0 Å². The van der Waals surface area contributed by atoms with E-state index >= 15 is 0 Å². The van der Waals surface area contributed by atoms with Gasteiger partial charge < -0.3 is 11.1 Å². The summed E-state index contributed by atoms with van der Waals surface area (Å²) in [4.78, 5) is 11.6. The van der Waals surface area contributed by atoms with Gasteiger partial charge in [-0.2, -0.15) is 11.8 Å². The molecule has 3 N–H and O–H groups in total. The number of carbonyl (C=O) groups excluding carboxylic acids is 1. The van der Waals surface area contributed by atoms with Crippen LogP contribution in [-0.4, -0.2) is 24.0 Å². The van der Waals surface area contributed by atoms with Crippen LogP contribution in [0, 0.1) is 5.82 Å². The molecule has 0 bridgehead atoms. The highest BCUT2D eigenvalue weighted by molar-refractivity contribution is 7.98. The maximum absolute atomic E-state index is 13.0. The number of hydrogen-bond donors (Lipinski definition) is 2. The third-order valence-corrected chi connectivity index (χ3v) is 2.96. The number of nitrogens with one attached hydrogen (secondary N) is 1. The molecule has 0 saturated carbocycles. The largest absolute Gasteiger partial charge is 0.325 e. The lowest BCUT2D eigenvalue weighted by Crippen LogP contribution is -2.36. The van der Waals surface area contributed by atoms with Crippen molar-refractivity contribution < 1.29 is 9.18 Å². The highest BCUT2D eigenvalue weighted by Gasteiger charge is 2.13. The Hall–Kier alpha value is -0.780. The van der Waals surface area contributed by atoms with Crippen molar-refractivity contribution >= 4 is 35.0 Å². The van der Waals surface area contributed by atoms with Gasteiger partial charge in [0.05, 0.1) is 6.04 Å². The van der Waals surface area contributed by atoms with E-state index in [1.807, 2.05) is 6.26 Å². The van der Waals surface area contributed by atoms with Gasteiger partial charge in [-0.3, -0.25) is 4.79 Å². The van der Waals surface area contributed by atoms with E-state index < -0.39 is 11.9 Å². The van der Waals surface area contributed by atoms with E-state index in [2.05, 4.69) is 5.32 Å². The van der Waals surface area contributed by atoms with E-state index in [9.17, 15) is 9.18 Å². The number of thioether (sulfide) groups is 1. The van der Waals surface area contributed by atoms with Gasteiger partial charge in [-0.25, -0.2) is 4.39 Å². The van der Waals surface area contributed by atoms with Crippen molar-refractivity contribution in [1.29, 1.82) is 0 Å². The molecule has 94 valence electrons. The lowest BCUT2D eigenvalue weighted by molar-refractivity contribution is -0.117. The highest BCUT2D eigenvalue weighted by Crippen LogP contribution is 2.18. The van der Waals surface area contributed by atoms with E-state index in [4.69, 9.17) is 17.3 Å². The Bertz CT molecular complexity index is 383. The molecule has 0 aromatic heterocycles. The molecule has 0 saturated heterocycles. The average Bonchev–Trinajstić information content (AvgIpc) is 2.24. The van der Waals surface area contributed by atoms with Gasteiger partial charge in [0, 0.05) is 10.7 Å². The van der Waals surface area contributed by atoms with Gasteiger partial charge in [0.25, 0.3) is 0 Å². The van der Waals surface area contributed by atoms with Crippen molar-refractivity contribution in [2.45, 2.75) is 12.5 Å². The minimum absolute atomic E-state index is 0.234. The van der Waals surface area contributed by atoms with E-state index in [0.717, 1.165) is 5.75 Å². The van der Waals surface area contributed by atoms with Crippen LogP contribution in [-0.2, 0) is 4.79 Å². The molecule has 0 spiro atoms. The average molecular weight is 277 g/mol. The third kappa shape index (κ3) is 4.93. The molecule has 17 heavy (non-hydrogen) atoms. The summed E-state index contributed by atoms with van der Waals surface area (Å²) < 4.78 is 13.0. The van der Waals surface area contributed by atoms with Crippen LogP contribution in [0.25, 0.3) is 0 Å². The molecule has 0 aliphatic rings. The number of halogens is 2. The zero-order chi connectivity index (χ0) is 12.8. The van der Waals surface area contributed by atoms with Crippen molar-refractivity contribution in [3.05, 3.63) is 29.0 Å². The first kappa shape index (κ1) is 14.3. The van der Waals surface area contributed by atoms with Crippen LogP contribution in [0.5, 0.6) is 0 Å². The van der Waals surface area contributed by atoms with Crippen LogP contribution >= 0.6 is 23.4 Å². The first-order valence-corrected chi connectivity index (χ1v) is 6.81. The quantitative estimate of drug-likeness (QED) is 0.869. The van der Waals surface area contributed by atoms with Crippen molar-refractivity contribution in [2.24, 2.45) is 5.73 Å². The molecule has 0 heterocycles. The molecule has 1 aromatic carbocycles. The number of anilines is 1. The first-order valence-electron chi connectivity index (χ1n) is 5.04. The van der Waals surface area contributed by atoms with Gasteiger partial charge >= 0.3 is 0 Å². The molecule has 0 fully saturated rings. The second kappa shape index (κ2) is 6.83. The van der Waals surface area contributed by atoms with Gasteiger partial charge in [-0.15, -0.1) is 0 Å². The molecule has 1 atom stereocenters. The number of nitrogens with two attached hydrogens (primary N) is 1. The second-order valence-corrected chi connectivity index (χ2v) is 4.96. The molecule has 0 radical (unpaired) electrons. The van der Waals surface area contributed by atoms with Gasteiger partial charge in [0.15, 0.2) is 0 Å². The summed E-state index contributed by atoms with van der Waals surface area (Å²) >= 11 is 7.29. The fraction of sp³-hybridized carbons (Fsp3) is 0.364. The van der Waals surface area contributed by atoms with Crippen LogP contribution in [0.2, 0.25) is 5.02 Å². The van der Waals surface area contributed by atoms with Crippen LogP contribution in [0.3, 0.4) is 0 Å². The maximum Gasteiger partial charge on any atom is 0.241 e. The fourth-order valence-electron chi connectivity index (χ4n) is 1.24. The molecule has 3 nitrogen and oxygen atoms in total. The SMILES string of the molecule is CSCC[C@H](N)C(=O)Nc1cc(F)cc(Cl)c1. The van der Waals surface area contributed by atoms with Crippen LogP contribution in [0.1, 0.15) is 6.42 Å². The molecule has 1 amide bonds. The van der Waals surface area contributed by atoms with Crippen molar-refractivity contribution in [2.75, 3.05) is 17.3 Å². The molecular formula is C11H14ClFN2OS. The Morgan fingerprint density at radius 1 is 1.59 bits per heavy atom. The Morgan fingerprint density at radius 3 is 2.88 bits per heavy atom. The minimum atomic E-state index is -0.593. The van der Waals surface area contributed by atoms with Crippen LogP contribution in [0.4, 0.5) is 10.1 Å². The Balaban J connectivity index is 2.61.